The highest BCUT2D eigenvalue weighted by Crippen LogP contribution is 2.36. The fourth-order valence-corrected chi connectivity index (χ4v) is 5.02. The number of carbonyl (C=O) groups is 1. The zero-order valence-corrected chi connectivity index (χ0v) is 17.9. The first-order valence-corrected chi connectivity index (χ1v) is 11.0. The second kappa shape index (κ2) is 9.29. The van der Waals surface area contributed by atoms with E-state index in [0.717, 1.165) is 12.8 Å². The summed E-state index contributed by atoms with van der Waals surface area (Å²) in [5, 5.41) is 0. The number of hydrogen-bond donors (Lipinski definition) is 0. The summed E-state index contributed by atoms with van der Waals surface area (Å²) in [7, 11) is 0.696. The van der Waals surface area contributed by atoms with E-state index in [2.05, 4.69) is 0 Å². The Morgan fingerprint density at radius 3 is 2.52 bits per heavy atom. The van der Waals surface area contributed by atoms with Crippen molar-refractivity contribution < 1.29 is 32.2 Å². The highest BCUT2D eigenvalue weighted by atomic mass is 32.2. The molecule has 1 amide bonds. The Balaban J connectivity index is 1.96. The molecule has 29 heavy (non-hydrogen) atoms. The van der Waals surface area contributed by atoms with Crippen LogP contribution in [-0.2, 0) is 19.5 Å². The highest BCUT2D eigenvalue weighted by molar-refractivity contribution is 7.89. The Labute approximate surface area is 171 Å². The summed E-state index contributed by atoms with van der Waals surface area (Å²) in [6.07, 6.45) is 1.85. The van der Waals surface area contributed by atoms with E-state index >= 15 is 0 Å². The van der Waals surface area contributed by atoms with Gasteiger partial charge in [0.2, 0.25) is 10.0 Å². The molecular formula is C19H28N2O7S. The molecule has 2 fully saturated rings. The maximum Gasteiger partial charge on any atom is 0.257 e. The summed E-state index contributed by atoms with van der Waals surface area (Å²) < 4.78 is 49.1. The molecule has 0 saturated carbocycles. The van der Waals surface area contributed by atoms with Crippen LogP contribution in [0.1, 0.15) is 23.2 Å². The van der Waals surface area contributed by atoms with Gasteiger partial charge in [0.05, 0.1) is 44.0 Å². The molecule has 0 aliphatic carbocycles. The van der Waals surface area contributed by atoms with Gasteiger partial charge in [-0.1, -0.05) is 0 Å². The number of amides is 1. The molecule has 3 rings (SSSR count). The molecular weight excluding hydrogens is 400 g/mol. The van der Waals surface area contributed by atoms with Crippen molar-refractivity contribution in [3.8, 4) is 11.5 Å². The number of benzene rings is 1. The Morgan fingerprint density at radius 2 is 1.93 bits per heavy atom. The second-order valence-electron chi connectivity index (χ2n) is 7.04. The fraction of sp³-hybridized carbons (Fsp3) is 0.632. The molecule has 1 atom stereocenters. The number of methoxy groups -OCH3 is 2. The van der Waals surface area contributed by atoms with Crippen LogP contribution >= 0.6 is 0 Å². The summed E-state index contributed by atoms with van der Waals surface area (Å²) in [5.41, 5.74) is 0.138. The van der Waals surface area contributed by atoms with Gasteiger partial charge in [0.15, 0.2) is 11.5 Å². The summed E-state index contributed by atoms with van der Waals surface area (Å²) >= 11 is 0. The van der Waals surface area contributed by atoms with Crippen molar-refractivity contribution in [3.63, 3.8) is 0 Å². The summed E-state index contributed by atoms with van der Waals surface area (Å²) in [5.74, 6) is 0.0444. The van der Waals surface area contributed by atoms with Gasteiger partial charge in [-0.3, -0.25) is 4.79 Å². The summed E-state index contributed by atoms with van der Waals surface area (Å²) in [6.45, 7) is 2.31. The average Bonchev–Trinajstić information content (AvgIpc) is 3.25. The molecule has 9 nitrogen and oxygen atoms in total. The van der Waals surface area contributed by atoms with E-state index in [0.29, 0.717) is 26.4 Å². The van der Waals surface area contributed by atoms with Crippen LogP contribution in [0.4, 0.5) is 0 Å². The predicted octanol–water partition coefficient (Wildman–Crippen LogP) is 0.976. The topological polar surface area (TPSA) is 94.6 Å². The summed E-state index contributed by atoms with van der Waals surface area (Å²) in [6, 6.07) is 2.75. The molecule has 0 radical (unpaired) electrons. The van der Waals surface area contributed by atoms with E-state index in [1.54, 1.807) is 7.05 Å². The van der Waals surface area contributed by atoms with E-state index in [1.807, 2.05) is 0 Å². The third-order valence-electron chi connectivity index (χ3n) is 5.14. The minimum atomic E-state index is -3.80. The van der Waals surface area contributed by atoms with Crippen LogP contribution in [0.2, 0.25) is 0 Å². The molecule has 0 aromatic heterocycles. The maximum absolute atomic E-state index is 13.1. The van der Waals surface area contributed by atoms with Crippen LogP contribution in [0, 0.1) is 0 Å². The summed E-state index contributed by atoms with van der Waals surface area (Å²) in [4.78, 5) is 14.7. The maximum atomic E-state index is 13.1. The molecule has 2 aliphatic heterocycles. The molecule has 10 heteroatoms. The van der Waals surface area contributed by atoms with Crippen molar-refractivity contribution >= 4 is 15.9 Å². The lowest BCUT2D eigenvalue weighted by atomic mass is 10.1. The van der Waals surface area contributed by atoms with Gasteiger partial charge in [-0.25, -0.2) is 8.42 Å². The number of carbonyl (C=O) groups excluding carboxylic acids is 1. The number of likely N-dealkylation sites (N-methyl/N-ethyl adjacent to an activating group) is 1. The number of nitrogens with zero attached hydrogens (tertiary/aromatic N) is 2. The normalized spacial score (nSPS) is 20.4. The molecule has 1 aromatic rings. The van der Waals surface area contributed by atoms with Crippen LogP contribution in [0.15, 0.2) is 17.0 Å². The third kappa shape index (κ3) is 4.66. The van der Waals surface area contributed by atoms with E-state index in [4.69, 9.17) is 18.9 Å². The van der Waals surface area contributed by atoms with E-state index < -0.39 is 10.0 Å². The van der Waals surface area contributed by atoms with Crippen molar-refractivity contribution in [1.82, 2.24) is 9.21 Å². The minimum absolute atomic E-state index is 0.00841. The van der Waals surface area contributed by atoms with Gasteiger partial charge in [0.1, 0.15) is 0 Å². The van der Waals surface area contributed by atoms with Gasteiger partial charge in [0, 0.05) is 39.4 Å². The minimum Gasteiger partial charge on any atom is -0.493 e. The zero-order chi connectivity index (χ0) is 21.0. The van der Waals surface area contributed by atoms with Crippen LogP contribution in [0.3, 0.4) is 0 Å². The quantitative estimate of drug-likeness (QED) is 0.639. The number of sulfonamides is 1. The van der Waals surface area contributed by atoms with E-state index in [-0.39, 0.29) is 47.1 Å². The monoisotopic (exact) mass is 428 g/mol. The Hall–Kier alpha value is -1.88. The van der Waals surface area contributed by atoms with Gasteiger partial charge < -0.3 is 23.8 Å². The molecule has 2 heterocycles. The molecule has 0 bridgehead atoms. The largest absolute Gasteiger partial charge is 0.493 e. The highest BCUT2D eigenvalue weighted by Gasteiger charge is 2.31. The Kier molecular flexibility index (Phi) is 6.99. The number of hydrogen-bond acceptors (Lipinski definition) is 7. The zero-order valence-electron chi connectivity index (χ0n) is 17.0. The molecule has 1 aromatic carbocycles. The first kappa shape index (κ1) is 21.8. The third-order valence-corrected chi connectivity index (χ3v) is 7.02. The first-order valence-electron chi connectivity index (χ1n) is 9.59. The number of rotatable bonds is 7. The standard InChI is InChI=1S/C19H28N2O7S/c1-20(13-14-5-4-8-28-14)19(22)16-11-15(12-17(25-2)18(16)26-3)29(23,24)21-6-9-27-10-7-21/h11-12,14H,4-10,13H2,1-3H3. The van der Waals surface area contributed by atoms with Gasteiger partial charge >= 0.3 is 0 Å². The van der Waals surface area contributed by atoms with Crippen LogP contribution in [-0.4, -0.2) is 90.4 Å². The fourth-order valence-electron chi connectivity index (χ4n) is 3.57. The van der Waals surface area contributed by atoms with E-state index in [9.17, 15) is 13.2 Å². The second-order valence-corrected chi connectivity index (χ2v) is 8.98. The average molecular weight is 429 g/mol. The Bertz CT molecular complexity index is 831. The van der Waals surface area contributed by atoms with Gasteiger partial charge in [-0.15, -0.1) is 0 Å². The van der Waals surface area contributed by atoms with Gasteiger partial charge in [-0.05, 0) is 18.9 Å². The van der Waals surface area contributed by atoms with Crippen molar-refractivity contribution in [2.45, 2.75) is 23.8 Å². The molecule has 2 saturated heterocycles. The molecule has 0 N–H and O–H groups in total. The molecule has 2 aliphatic rings. The predicted molar refractivity (Wildman–Crippen MR) is 105 cm³/mol. The van der Waals surface area contributed by atoms with Crippen molar-refractivity contribution in [3.05, 3.63) is 17.7 Å². The van der Waals surface area contributed by atoms with Crippen molar-refractivity contribution in [2.75, 3.05) is 60.7 Å². The molecule has 162 valence electrons. The van der Waals surface area contributed by atoms with Crippen LogP contribution in [0.25, 0.3) is 0 Å². The van der Waals surface area contributed by atoms with Crippen LogP contribution < -0.4 is 9.47 Å². The van der Waals surface area contributed by atoms with Gasteiger partial charge in [0.25, 0.3) is 5.91 Å². The number of morpholine rings is 1. The van der Waals surface area contributed by atoms with Crippen LogP contribution in [0.5, 0.6) is 11.5 Å². The first-order chi connectivity index (χ1) is 13.9. The lowest BCUT2D eigenvalue weighted by Gasteiger charge is -2.27. The van der Waals surface area contributed by atoms with Crippen molar-refractivity contribution in [1.29, 1.82) is 0 Å². The lowest BCUT2D eigenvalue weighted by molar-refractivity contribution is 0.0584. The Morgan fingerprint density at radius 1 is 1.21 bits per heavy atom. The number of ether oxygens (including phenoxy) is 4. The SMILES string of the molecule is COc1cc(S(=O)(=O)N2CCOCC2)cc(C(=O)N(C)CC2CCCO2)c1OC. The smallest absolute Gasteiger partial charge is 0.257 e. The van der Waals surface area contributed by atoms with Crippen molar-refractivity contribution in [2.24, 2.45) is 0 Å². The van der Waals surface area contributed by atoms with Gasteiger partial charge in [-0.2, -0.15) is 4.31 Å². The molecule has 0 spiro atoms. The van der Waals surface area contributed by atoms with E-state index in [1.165, 1.54) is 35.6 Å². The molecule has 1 unspecified atom stereocenters. The lowest BCUT2D eigenvalue weighted by Crippen LogP contribution is -2.40.